The fourth-order valence-corrected chi connectivity index (χ4v) is 2.95. The van der Waals surface area contributed by atoms with Crippen LogP contribution < -0.4 is 0 Å². The third-order valence-electron chi connectivity index (χ3n) is 1.87. The maximum absolute atomic E-state index is 10.8. The van der Waals surface area contributed by atoms with Crippen molar-refractivity contribution in [2.75, 3.05) is 0 Å². The number of nitrogens with zero attached hydrogens (tertiary/aromatic N) is 1. The van der Waals surface area contributed by atoms with E-state index < -0.39 is 10.3 Å². The summed E-state index contributed by atoms with van der Waals surface area (Å²) < 4.78 is 21.6. The summed E-state index contributed by atoms with van der Waals surface area (Å²) in [6.07, 6.45) is 0. The van der Waals surface area contributed by atoms with Gasteiger partial charge < -0.3 is 0 Å². The molecule has 14 heavy (non-hydrogen) atoms. The standard InChI is InChI=1S/C9H7NO2S2/c11-14(12)9-8(13-6-10-9)7-4-2-1-3-5-7/h1-6,8H. The molecule has 1 heterocycles. The topological polar surface area (TPSA) is 46.5 Å². The normalized spacial score (nSPS) is 20.0. The van der Waals surface area contributed by atoms with E-state index in [1.165, 1.54) is 11.8 Å². The largest absolute Gasteiger partial charge is 0.237 e. The van der Waals surface area contributed by atoms with Crippen LogP contribution in [0.1, 0.15) is 10.8 Å². The van der Waals surface area contributed by atoms with E-state index in [2.05, 4.69) is 4.99 Å². The molecular formula is C9H7NO2S2. The van der Waals surface area contributed by atoms with Crippen LogP contribution in [0, 0.1) is 0 Å². The summed E-state index contributed by atoms with van der Waals surface area (Å²) in [7, 11) is -2.22. The highest BCUT2D eigenvalue weighted by Gasteiger charge is 2.23. The summed E-state index contributed by atoms with van der Waals surface area (Å²) in [4.78, 5) is 4.04. The van der Waals surface area contributed by atoms with Crippen molar-refractivity contribution in [2.45, 2.75) is 5.25 Å². The SMILES string of the molecule is O=S(=O)=C1N=CSC1c1ccccc1. The molecule has 1 aromatic carbocycles. The van der Waals surface area contributed by atoms with Gasteiger partial charge in [-0.25, -0.2) is 4.99 Å². The van der Waals surface area contributed by atoms with Gasteiger partial charge in [0.1, 0.15) is 0 Å². The number of hydrogen-bond donors (Lipinski definition) is 0. The molecule has 0 fully saturated rings. The predicted molar refractivity (Wildman–Crippen MR) is 59.2 cm³/mol. The highest BCUT2D eigenvalue weighted by molar-refractivity contribution is 8.14. The van der Waals surface area contributed by atoms with E-state index in [1.807, 2.05) is 30.3 Å². The van der Waals surface area contributed by atoms with Crippen LogP contribution in [-0.4, -0.2) is 19.0 Å². The average Bonchev–Trinajstić information content (AvgIpc) is 2.67. The minimum atomic E-state index is -2.22. The number of hydrogen-bond acceptors (Lipinski definition) is 3. The summed E-state index contributed by atoms with van der Waals surface area (Å²) in [6, 6.07) is 9.48. The highest BCUT2D eigenvalue weighted by atomic mass is 32.2. The molecule has 0 N–H and O–H groups in total. The Morgan fingerprint density at radius 2 is 1.93 bits per heavy atom. The van der Waals surface area contributed by atoms with Crippen molar-refractivity contribution in [1.29, 1.82) is 0 Å². The van der Waals surface area contributed by atoms with Crippen LogP contribution in [-0.2, 0) is 10.3 Å². The van der Waals surface area contributed by atoms with Crippen LogP contribution in [0.3, 0.4) is 0 Å². The molecule has 0 radical (unpaired) electrons. The Labute approximate surface area is 87.4 Å². The maximum Gasteiger partial charge on any atom is 0.237 e. The Balaban J connectivity index is 2.44. The van der Waals surface area contributed by atoms with E-state index in [4.69, 9.17) is 0 Å². The maximum atomic E-state index is 10.8. The third-order valence-corrected chi connectivity index (χ3v) is 3.70. The van der Waals surface area contributed by atoms with Gasteiger partial charge in [-0.1, -0.05) is 42.1 Å². The van der Waals surface area contributed by atoms with Gasteiger partial charge >= 0.3 is 0 Å². The molecule has 0 amide bonds. The fourth-order valence-electron chi connectivity index (χ4n) is 1.25. The van der Waals surface area contributed by atoms with Crippen LogP contribution in [0.5, 0.6) is 0 Å². The monoisotopic (exact) mass is 225 g/mol. The van der Waals surface area contributed by atoms with E-state index in [-0.39, 0.29) is 10.2 Å². The van der Waals surface area contributed by atoms with Crippen molar-refractivity contribution in [1.82, 2.24) is 0 Å². The van der Waals surface area contributed by atoms with Gasteiger partial charge in [0.05, 0.1) is 10.8 Å². The zero-order valence-electron chi connectivity index (χ0n) is 7.12. The Kier molecular flexibility index (Phi) is 2.69. The van der Waals surface area contributed by atoms with Gasteiger partial charge in [-0.05, 0) is 5.56 Å². The van der Waals surface area contributed by atoms with Gasteiger partial charge in [-0.3, -0.25) is 0 Å². The van der Waals surface area contributed by atoms with E-state index in [9.17, 15) is 8.42 Å². The molecule has 0 spiro atoms. The summed E-state index contributed by atoms with van der Waals surface area (Å²) >= 11 is 1.41. The molecule has 1 aromatic rings. The van der Waals surface area contributed by atoms with Crippen molar-refractivity contribution in [3.8, 4) is 0 Å². The van der Waals surface area contributed by atoms with Gasteiger partial charge in [-0.15, -0.1) is 0 Å². The van der Waals surface area contributed by atoms with Crippen LogP contribution in [0.2, 0.25) is 0 Å². The first kappa shape index (κ1) is 9.48. The Morgan fingerprint density at radius 1 is 1.21 bits per heavy atom. The van der Waals surface area contributed by atoms with Crippen LogP contribution in [0.25, 0.3) is 0 Å². The minimum Gasteiger partial charge on any atom is -0.237 e. The van der Waals surface area contributed by atoms with E-state index in [0.717, 1.165) is 5.56 Å². The van der Waals surface area contributed by atoms with E-state index in [1.54, 1.807) is 5.55 Å². The lowest BCUT2D eigenvalue weighted by molar-refractivity contribution is 0.626. The molecular weight excluding hydrogens is 218 g/mol. The van der Waals surface area contributed by atoms with Crippen molar-refractivity contribution < 1.29 is 8.42 Å². The minimum absolute atomic E-state index is 0.172. The first-order chi connectivity index (χ1) is 6.79. The molecule has 3 nitrogen and oxygen atoms in total. The molecule has 1 aliphatic heterocycles. The van der Waals surface area contributed by atoms with Crippen LogP contribution in [0.15, 0.2) is 35.3 Å². The smallest absolute Gasteiger partial charge is 0.237 e. The number of thioether (sulfide) groups is 1. The second kappa shape index (κ2) is 3.98. The second-order valence-corrected chi connectivity index (χ2v) is 4.58. The molecule has 0 aliphatic carbocycles. The van der Waals surface area contributed by atoms with Crippen LogP contribution >= 0.6 is 11.8 Å². The Morgan fingerprint density at radius 3 is 2.57 bits per heavy atom. The second-order valence-electron chi connectivity index (χ2n) is 2.73. The van der Waals surface area contributed by atoms with Gasteiger partial charge in [0.15, 0.2) is 4.99 Å². The summed E-state index contributed by atoms with van der Waals surface area (Å²) in [5.41, 5.74) is 2.54. The molecule has 72 valence electrons. The van der Waals surface area contributed by atoms with Crippen molar-refractivity contribution in [3.05, 3.63) is 35.9 Å². The molecule has 1 aliphatic rings. The van der Waals surface area contributed by atoms with Gasteiger partial charge in [0, 0.05) is 0 Å². The fraction of sp³-hybridized carbons (Fsp3) is 0.111. The quantitative estimate of drug-likeness (QED) is 0.681. The van der Waals surface area contributed by atoms with Crippen LogP contribution in [0.4, 0.5) is 0 Å². The lowest BCUT2D eigenvalue weighted by Crippen LogP contribution is -2.02. The first-order valence-electron chi connectivity index (χ1n) is 3.98. The summed E-state index contributed by atoms with van der Waals surface area (Å²) in [5.74, 6) is 0. The zero-order valence-corrected chi connectivity index (χ0v) is 8.75. The average molecular weight is 225 g/mol. The lowest BCUT2D eigenvalue weighted by atomic mass is 10.1. The molecule has 0 aromatic heterocycles. The van der Waals surface area contributed by atoms with Gasteiger partial charge in [0.2, 0.25) is 10.3 Å². The number of benzene rings is 1. The zero-order chi connectivity index (χ0) is 9.97. The molecule has 5 heteroatoms. The molecule has 0 bridgehead atoms. The van der Waals surface area contributed by atoms with Crippen molar-refractivity contribution in [2.24, 2.45) is 4.99 Å². The Hall–Kier alpha value is -1.07. The van der Waals surface area contributed by atoms with Gasteiger partial charge in [0.25, 0.3) is 0 Å². The molecule has 0 saturated heterocycles. The predicted octanol–water partition coefficient (Wildman–Crippen LogP) is 1.51. The number of rotatable bonds is 1. The highest BCUT2D eigenvalue weighted by Crippen LogP contribution is 2.32. The third kappa shape index (κ3) is 1.73. The molecule has 2 rings (SSSR count). The van der Waals surface area contributed by atoms with Crippen molar-refractivity contribution >= 4 is 32.6 Å². The molecule has 1 unspecified atom stereocenters. The summed E-state index contributed by atoms with van der Waals surface area (Å²) in [6.45, 7) is 0. The number of aliphatic imine (C=N–C) groups is 1. The molecule has 0 saturated carbocycles. The summed E-state index contributed by atoms with van der Waals surface area (Å²) in [5, 5.41) is -0.172. The first-order valence-corrected chi connectivity index (χ1v) is 6.00. The van der Waals surface area contributed by atoms with Crippen molar-refractivity contribution in [3.63, 3.8) is 0 Å². The van der Waals surface area contributed by atoms with E-state index >= 15 is 0 Å². The van der Waals surface area contributed by atoms with Gasteiger partial charge in [-0.2, -0.15) is 8.42 Å². The lowest BCUT2D eigenvalue weighted by Gasteiger charge is -2.05. The Bertz CT molecular complexity index is 483. The van der Waals surface area contributed by atoms with E-state index in [0.29, 0.717) is 0 Å². The molecule has 1 atom stereocenters.